The van der Waals surface area contributed by atoms with E-state index in [4.69, 9.17) is 0 Å². The van der Waals surface area contributed by atoms with Crippen LogP contribution in [0.5, 0.6) is 0 Å². The molecule has 2 aromatic rings. The molecule has 0 saturated heterocycles. The van der Waals surface area contributed by atoms with Gasteiger partial charge in [0.2, 0.25) is 11.8 Å². The molecule has 0 spiro atoms. The summed E-state index contributed by atoms with van der Waals surface area (Å²) in [6.45, 7) is 5.61. The van der Waals surface area contributed by atoms with Crippen molar-refractivity contribution in [2.45, 2.75) is 46.1 Å². The minimum absolute atomic E-state index is 0.114. The van der Waals surface area contributed by atoms with Crippen molar-refractivity contribution in [3.05, 3.63) is 28.6 Å². The van der Waals surface area contributed by atoms with Gasteiger partial charge >= 0.3 is 0 Å². The number of nitrogens with zero attached hydrogens (tertiary/aromatic N) is 2. The van der Waals surface area contributed by atoms with Crippen LogP contribution in [-0.4, -0.2) is 22.8 Å². The third-order valence-corrected chi connectivity index (χ3v) is 5.70. The summed E-state index contributed by atoms with van der Waals surface area (Å²) in [5.74, 6) is 0.392. The van der Waals surface area contributed by atoms with Gasteiger partial charge in [-0.25, -0.2) is 4.98 Å². The molecule has 1 N–H and O–H groups in total. The van der Waals surface area contributed by atoms with Crippen molar-refractivity contribution >= 4 is 34.0 Å². The summed E-state index contributed by atoms with van der Waals surface area (Å²) >= 11 is 1.48. The van der Waals surface area contributed by atoms with Crippen LogP contribution in [0.25, 0.3) is 11.3 Å². The highest BCUT2D eigenvalue weighted by Gasteiger charge is 2.39. The molecular weight excluding hydrogens is 334 g/mol. The molecule has 1 aliphatic heterocycles. The molecule has 1 aromatic carbocycles. The van der Waals surface area contributed by atoms with Gasteiger partial charge in [-0.15, -0.1) is 11.3 Å². The molecule has 130 valence electrons. The molecule has 1 saturated carbocycles. The fraction of sp³-hybridized carbons (Fsp3) is 0.421. The maximum Gasteiger partial charge on any atom is 0.230 e. The molecule has 2 heterocycles. The largest absolute Gasteiger partial charge is 0.309 e. The summed E-state index contributed by atoms with van der Waals surface area (Å²) in [5, 5.41) is 3.38. The molecule has 2 aliphatic rings. The number of hydrogen-bond donors (Lipinski definition) is 1. The summed E-state index contributed by atoms with van der Waals surface area (Å²) in [6, 6.07) is 6.44. The number of carbonyl (C=O) groups excluding carboxylic acids is 2. The van der Waals surface area contributed by atoms with Gasteiger partial charge in [-0.1, -0.05) is 6.07 Å². The molecule has 1 aliphatic carbocycles. The molecule has 25 heavy (non-hydrogen) atoms. The summed E-state index contributed by atoms with van der Waals surface area (Å²) in [7, 11) is 0. The average molecular weight is 355 g/mol. The lowest BCUT2D eigenvalue weighted by molar-refractivity contribution is -0.120. The minimum Gasteiger partial charge on any atom is -0.309 e. The highest BCUT2D eigenvalue weighted by atomic mass is 32.1. The van der Waals surface area contributed by atoms with Crippen LogP contribution in [0, 0.1) is 12.8 Å². The lowest BCUT2D eigenvalue weighted by Gasteiger charge is -2.22. The van der Waals surface area contributed by atoms with Crippen LogP contribution in [0.15, 0.2) is 18.2 Å². The number of aromatic nitrogens is 1. The van der Waals surface area contributed by atoms with Crippen molar-refractivity contribution in [3.8, 4) is 11.3 Å². The van der Waals surface area contributed by atoms with E-state index in [-0.39, 0.29) is 23.8 Å². The number of rotatable bonds is 3. The SMILES string of the molecule is CC(=O)Nc1nc(-c2ccc3c(c2)C[C@H](C)N3C(=O)C2CC2)c(C)s1. The molecule has 1 fully saturated rings. The standard InChI is InChI=1S/C19H21N3O2S/c1-10-8-15-9-14(17-11(2)25-19(21-17)20-12(3)23)6-7-16(15)22(10)18(24)13-4-5-13/h6-7,9-10,13H,4-5,8H2,1-3H3,(H,20,21,23)/t10-/m0/s1. The van der Waals surface area contributed by atoms with Gasteiger partial charge in [-0.3, -0.25) is 9.59 Å². The monoisotopic (exact) mass is 355 g/mol. The zero-order chi connectivity index (χ0) is 17.7. The van der Waals surface area contributed by atoms with Crippen LogP contribution < -0.4 is 10.2 Å². The number of benzene rings is 1. The molecule has 4 rings (SSSR count). The quantitative estimate of drug-likeness (QED) is 0.912. The first kappa shape index (κ1) is 16.3. The first-order chi connectivity index (χ1) is 11.9. The van der Waals surface area contributed by atoms with E-state index in [1.807, 2.05) is 24.0 Å². The van der Waals surface area contributed by atoms with Gasteiger partial charge in [-0.05, 0) is 50.8 Å². The summed E-state index contributed by atoms with van der Waals surface area (Å²) < 4.78 is 0. The highest BCUT2D eigenvalue weighted by Crippen LogP contribution is 2.41. The molecule has 0 radical (unpaired) electrons. The predicted octanol–water partition coefficient (Wildman–Crippen LogP) is 3.76. The Labute approximate surface area is 151 Å². The zero-order valence-corrected chi connectivity index (χ0v) is 15.4. The number of amides is 2. The Morgan fingerprint density at radius 3 is 2.76 bits per heavy atom. The van der Waals surface area contributed by atoms with Crippen molar-refractivity contribution in [3.63, 3.8) is 0 Å². The van der Waals surface area contributed by atoms with E-state index in [9.17, 15) is 9.59 Å². The average Bonchev–Trinajstić information content (AvgIpc) is 3.25. The summed E-state index contributed by atoms with van der Waals surface area (Å²) in [4.78, 5) is 31.4. The molecular formula is C19H21N3O2S. The fourth-order valence-corrected chi connectivity index (χ4v) is 4.39. The molecule has 6 heteroatoms. The Morgan fingerprint density at radius 2 is 2.08 bits per heavy atom. The van der Waals surface area contributed by atoms with Gasteiger partial charge in [0.1, 0.15) is 0 Å². The molecule has 0 bridgehead atoms. The van der Waals surface area contributed by atoms with Crippen molar-refractivity contribution in [2.75, 3.05) is 10.2 Å². The second-order valence-electron chi connectivity index (χ2n) is 6.98. The van der Waals surface area contributed by atoms with Crippen LogP contribution in [0.2, 0.25) is 0 Å². The van der Waals surface area contributed by atoms with E-state index >= 15 is 0 Å². The van der Waals surface area contributed by atoms with Gasteiger partial charge in [0.05, 0.1) is 5.69 Å². The lowest BCUT2D eigenvalue weighted by Crippen LogP contribution is -2.36. The molecule has 1 atom stereocenters. The van der Waals surface area contributed by atoms with Crippen LogP contribution in [-0.2, 0) is 16.0 Å². The number of nitrogens with one attached hydrogen (secondary N) is 1. The van der Waals surface area contributed by atoms with E-state index in [1.54, 1.807) is 0 Å². The van der Waals surface area contributed by atoms with Crippen molar-refractivity contribution in [1.82, 2.24) is 4.98 Å². The highest BCUT2D eigenvalue weighted by molar-refractivity contribution is 7.16. The number of fused-ring (bicyclic) bond motifs is 1. The van der Waals surface area contributed by atoms with Gasteiger partial charge in [0, 0.05) is 35.0 Å². The van der Waals surface area contributed by atoms with E-state index in [2.05, 4.69) is 23.3 Å². The number of aryl methyl sites for hydroxylation is 1. The number of anilines is 2. The zero-order valence-electron chi connectivity index (χ0n) is 14.6. The van der Waals surface area contributed by atoms with E-state index in [1.165, 1.54) is 23.8 Å². The minimum atomic E-state index is -0.114. The molecule has 5 nitrogen and oxygen atoms in total. The Bertz CT molecular complexity index is 870. The first-order valence-corrected chi connectivity index (χ1v) is 9.47. The second-order valence-corrected chi connectivity index (χ2v) is 8.19. The maximum absolute atomic E-state index is 12.6. The number of thiazole rings is 1. The van der Waals surface area contributed by atoms with Crippen molar-refractivity contribution < 1.29 is 9.59 Å². The van der Waals surface area contributed by atoms with Crippen molar-refractivity contribution in [1.29, 1.82) is 0 Å². The van der Waals surface area contributed by atoms with Crippen molar-refractivity contribution in [2.24, 2.45) is 5.92 Å². The van der Waals surface area contributed by atoms with Crippen LogP contribution >= 0.6 is 11.3 Å². The van der Waals surface area contributed by atoms with Crippen LogP contribution in [0.3, 0.4) is 0 Å². The number of hydrogen-bond acceptors (Lipinski definition) is 4. The van der Waals surface area contributed by atoms with Gasteiger partial charge < -0.3 is 10.2 Å². The van der Waals surface area contributed by atoms with E-state index in [0.717, 1.165) is 41.1 Å². The first-order valence-electron chi connectivity index (χ1n) is 8.65. The third-order valence-electron chi connectivity index (χ3n) is 4.81. The summed E-state index contributed by atoms with van der Waals surface area (Å²) in [6.07, 6.45) is 2.93. The normalized spacial score (nSPS) is 19.0. The van der Waals surface area contributed by atoms with Gasteiger partial charge in [0.15, 0.2) is 5.13 Å². The molecule has 2 amide bonds. The van der Waals surface area contributed by atoms with E-state index < -0.39 is 0 Å². The third kappa shape index (κ3) is 2.95. The van der Waals surface area contributed by atoms with Crippen LogP contribution in [0.1, 0.15) is 37.1 Å². The lowest BCUT2D eigenvalue weighted by atomic mass is 10.0. The van der Waals surface area contributed by atoms with Gasteiger partial charge in [0.25, 0.3) is 0 Å². The fourth-order valence-electron chi connectivity index (χ4n) is 3.51. The molecule has 1 aromatic heterocycles. The Morgan fingerprint density at radius 1 is 1.32 bits per heavy atom. The van der Waals surface area contributed by atoms with E-state index in [0.29, 0.717) is 5.13 Å². The van der Waals surface area contributed by atoms with Gasteiger partial charge in [-0.2, -0.15) is 0 Å². The Hall–Kier alpha value is -2.21. The smallest absolute Gasteiger partial charge is 0.230 e. The maximum atomic E-state index is 12.6. The molecule has 0 unspecified atom stereocenters. The topological polar surface area (TPSA) is 62.3 Å². The number of carbonyl (C=O) groups is 2. The summed E-state index contributed by atoms with van der Waals surface area (Å²) in [5.41, 5.74) is 4.18. The Balaban J connectivity index is 1.66. The van der Waals surface area contributed by atoms with Crippen LogP contribution in [0.4, 0.5) is 10.8 Å². The second kappa shape index (κ2) is 5.95. The predicted molar refractivity (Wildman–Crippen MR) is 100.0 cm³/mol. The Kier molecular flexibility index (Phi) is 3.87.